The summed E-state index contributed by atoms with van der Waals surface area (Å²) in [5.74, 6) is 2.46. The second kappa shape index (κ2) is 14.2. The number of hydrogen-bond donors (Lipinski definition) is 0. The first kappa shape index (κ1) is 38.2. The van der Waals surface area contributed by atoms with Crippen LogP contribution in [0, 0.1) is 0 Å². The molecule has 0 amide bonds. The van der Waals surface area contributed by atoms with Gasteiger partial charge in [-0.05, 0) is 117 Å². The quantitative estimate of drug-likeness (QED) is 0.168. The number of anilines is 4. The fraction of sp³-hybridized carbons (Fsp3) is 0.241. The summed E-state index contributed by atoms with van der Waals surface area (Å²) in [7, 11) is 0. The van der Waals surface area contributed by atoms with Crippen LogP contribution in [0.25, 0.3) is 38.8 Å². The average molecular weight is 775 g/mol. The van der Waals surface area contributed by atoms with Gasteiger partial charge in [0.15, 0.2) is 0 Å². The summed E-state index contributed by atoms with van der Waals surface area (Å²) in [6.07, 6.45) is 1.93. The lowest BCUT2D eigenvalue weighted by Gasteiger charge is -2.26. The van der Waals surface area contributed by atoms with Crippen LogP contribution in [0.2, 0.25) is 0 Å². The van der Waals surface area contributed by atoms with Gasteiger partial charge in [0.1, 0.15) is 24.0 Å². The first-order valence-corrected chi connectivity index (χ1v) is 20.8. The molecule has 8 aromatic rings. The third-order valence-electron chi connectivity index (χ3n) is 11.8. The molecular formula is C54H54N4O. The van der Waals surface area contributed by atoms with Crippen molar-refractivity contribution in [2.75, 3.05) is 16.5 Å². The summed E-state index contributed by atoms with van der Waals surface area (Å²) in [6.45, 7) is 21.1. The van der Waals surface area contributed by atoms with Crippen LogP contribution in [0.4, 0.5) is 22.7 Å². The SMILES string of the molecule is CC(C)(C)c1cc(-c2ccccc2)cc(N2CN(c3cccc(Oc4ccc5c6cc(C(C)(C)C)ccc6n(-c6cc(C(C)(C)C)ccn6)c5c4)c3)c3ccccc32)c1. The van der Waals surface area contributed by atoms with E-state index < -0.39 is 0 Å². The van der Waals surface area contributed by atoms with Gasteiger partial charge < -0.3 is 14.5 Å². The lowest BCUT2D eigenvalue weighted by atomic mass is 9.85. The Labute approximate surface area is 349 Å². The highest BCUT2D eigenvalue weighted by Gasteiger charge is 2.30. The van der Waals surface area contributed by atoms with Crippen molar-refractivity contribution in [3.8, 4) is 28.4 Å². The maximum atomic E-state index is 6.77. The predicted molar refractivity (Wildman–Crippen MR) is 249 cm³/mol. The van der Waals surface area contributed by atoms with Gasteiger partial charge in [-0.25, -0.2) is 4.98 Å². The van der Waals surface area contributed by atoms with Crippen LogP contribution < -0.4 is 14.5 Å². The predicted octanol–water partition coefficient (Wildman–Crippen LogP) is 14.8. The number of nitrogens with zero attached hydrogens (tertiary/aromatic N) is 4. The number of aromatic nitrogens is 2. The molecule has 2 aromatic heterocycles. The molecule has 0 N–H and O–H groups in total. The average Bonchev–Trinajstić information content (AvgIpc) is 3.76. The highest BCUT2D eigenvalue weighted by atomic mass is 16.5. The van der Waals surface area contributed by atoms with E-state index in [1.54, 1.807) is 0 Å². The van der Waals surface area contributed by atoms with E-state index in [2.05, 4.69) is 216 Å². The van der Waals surface area contributed by atoms with Gasteiger partial charge >= 0.3 is 0 Å². The molecule has 5 nitrogen and oxygen atoms in total. The number of benzene rings is 6. The van der Waals surface area contributed by atoms with Crippen molar-refractivity contribution in [3.63, 3.8) is 0 Å². The van der Waals surface area contributed by atoms with E-state index in [1.165, 1.54) is 50.0 Å². The fourth-order valence-electron chi connectivity index (χ4n) is 8.29. The zero-order chi connectivity index (χ0) is 41.3. The minimum atomic E-state index is -0.0103. The van der Waals surface area contributed by atoms with E-state index >= 15 is 0 Å². The molecular weight excluding hydrogens is 721 g/mol. The van der Waals surface area contributed by atoms with Crippen molar-refractivity contribution < 1.29 is 4.74 Å². The van der Waals surface area contributed by atoms with Gasteiger partial charge in [0.25, 0.3) is 0 Å². The van der Waals surface area contributed by atoms with E-state index in [9.17, 15) is 0 Å². The first-order chi connectivity index (χ1) is 28.1. The Bertz CT molecular complexity index is 2850. The van der Waals surface area contributed by atoms with Gasteiger partial charge in [0, 0.05) is 40.5 Å². The molecule has 0 spiro atoms. The zero-order valence-electron chi connectivity index (χ0n) is 35.8. The summed E-state index contributed by atoms with van der Waals surface area (Å²) in [5.41, 5.74) is 13.1. The van der Waals surface area contributed by atoms with Gasteiger partial charge in [0.2, 0.25) is 0 Å². The molecule has 0 aliphatic carbocycles. The molecule has 0 saturated carbocycles. The monoisotopic (exact) mass is 774 g/mol. The lowest BCUT2D eigenvalue weighted by molar-refractivity contribution is 0.483. The zero-order valence-corrected chi connectivity index (χ0v) is 35.8. The minimum absolute atomic E-state index is 0.0101. The van der Waals surface area contributed by atoms with Crippen LogP contribution in [0.3, 0.4) is 0 Å². The Morgan fingerprint density at radius 2 is 1.12 bits per heavy atom. The molecule has 0 atom stereocenters. The number of fused-ring (bicyclic) bond motifs is 4. The third-order valence-corrected chi connectivity index (χ3v) is 11.8. The van der Waals surface area contributed by atoms with Crippen molar-refractivity contribution in [2.24, 2.45) is 0 Å². The van der Waals surface area contributed by atoms with Gasteiger partial charge in [-0.2, -0.15) is 0 Å². The Hall–Kier alpha value is -6.33. The summed E-state index contributed by atoms with van der Waals surface area (Å²) in [6, 6.07) is 52.6. The molecule has 0 saturated heterocycles. The molecule has 0 radical (unpaired) electrons. The maximum absolute atomic E-state index is 6.77. The highest BCUT2D eigenvalue weighted by molar-refractivity contribution is 6.10. The highest BCUT2D eigenvalue weighted by Crippen LogP contribution is 2.47. The number of para-hydroxylation sites is 2. The van der Waals surface area contributed by atoms with Gasteiger partial charge in [-0.3, -0.25) is 4.57 Å². The fourth-order valence-corrected chi connectivity index (χ4v) is 8.29. The standard InChI is InChI=1S/C54H54N4O/c1-52(2,3)38-22-25-47-46(31-38)45-24-23-44(34-50(45)58(47)51-32-39(26-27-55-51)53(4,5)6)59-43-19-15-18-41(33-43)56-35-57(49-21-14-13-20-48(49)56)42-29-37(36-16-11-10-12-17-36)28-40(30-42)54(7,8)9/h10-34H,35H2,1-9H3. The van der Waals surface area contributed by atoms with Gasteiger partial charge in [0.05, 0.1) is 22.4 Å². The molecule has 1 aliphatic heterocycles. The molecule has 0 unspecified atom stereocenters. The van der Waals surface area contributed by atoms with Crippen LogP contribution in [-0.4, -0.2) is 16.2 Å². The molecule has 0 fully saturated rings. The van der Waals surface area contributed by atoms with Gasteiger partial charge in [-0.15, -0.1) is 0 Å². The van der Waals surface area contributed by atoms with Crippen LogP contribution in [0.1, 0.15) is 79.0 Å². The van der Waals surface area contributed by atoms with Crippen LogP contribution in [-0.2, 0) is 16.2 Å². The smallest absolute Gasteiger partial charge is 0.137 e. The van der Waals surface area contributed by atoms with Crippen molar-refractivity contribution in [2.45, 2.75) is 78.6 Å². The van der Waals surface area contributed by atoms with Crippen molar-refractivity contribution in [1.82, 2.24) is 9.55 Å². The first-order valence-electron chi connectivity index (χ1n) is 20.8. The summed E-state index contributed by atoms with van der Waals surface area (Å²) in [5, 5.41) is 2.39. The molecule has 9 rings (SSSR count). The summed E-state index contributed by atoms with van der Waals surface area (Å²) < 4.78 is 9.07. The van der Waals surface area contributed by atoms with Crippen molar-refractivity contribution in [3.05, 3.63) is 168 Å². The maximum Gasteiger partial charge on any atom is 0.137 e. The van der Waals surface area contributed by atoms with E-state index in [4.69, 9.17) is 9.72 Å². The third kappa shape index (κ3) is 7.24. The molecule has 5 heteroatoms. The van der Waals surface area contributed by atoms with Crippen molar-refractivity contribution in [1.29, 1.82) is 0 Å². The minimum Gasteiger partial charge on any atom is -0.457 e. The Morgan fingerprint density at radius 1 is 0.458 bits per heavy atom. The largest absolute Gasteiger partial charge is 0.457 e. The topological polar surface area (TPSA) is 33.5 Å². The number of ether oxygens (including phenoxy) is 1. The van der Waals surface area contributed by atoms with E-state index in [0.717, 1.165) is 39.7 Å². The Kier molecular flexibility index (Phi) is 9.19. The number of hydrogen-bond acceptors (Lipinski definition) is 4. The van der Waals surface area contributed by atoms with E-state index in [0.29, 0.717) is 6.67 Å². The number of rotatable bonds is 6. The van der Waals surface area contributed by atoms with E-state index in [1.807, 2.05) is 12.3 Å². The Balaban J connectivity index is 1.09. The lowest BCUT2D eigenvalue weighted by Crippen LogP contribution is -2.24. The van der Waals surface area contributed by atoms with Gasteiger partial charge in [-0.1, -0.05) is 123 Å². The molecule has 6 aromatic carbocycles. The molecule has 59 heavy (non-hydrogen) atoms. The second-order valence-corrected chi connectivity index (χ2v) is 19.1. The normalized spacial score (nSPS) is 13.4. The number of pyridine rings is 1. The van der Waals surface area contributed by atoms with E-state index in [-0.39, 0.29) is 16.2 Å². The molecule has 1 aliphatic rings. The summed E-state index contributed by atoms with van der Waals surface area (Å²) >= 11 is 0. The molecule has 296 valence electrons. The molecule has 3 heterocycles. The van der Waals surface area contributed by atoms with Crippen molar-refractivity contribution >= 4 is 44.6 Å². The Morgan fingerprint density at radius 3 is 1.83 bits per heavy atom. The van der Waals surface area contributed by atoms with Crippen LogP contribution >= 0.6 is 0 Å². The second-order valence-electron chi connectivity index (χ2n) is 19.1. The summed E-state index contributed by atoms with van der Waals surface area (Å²) in [4.78, 5) is 9.75. The molecule has 0 bridgehead atoms. The van der Waals surface area contributed by atoms with Crippen LogP contribution in [0.5, 0.6) is 11.5 Å². The van der Waals surface area contributed by atoms with Crippen LogP contribution in [0.15, 0.2) is 152 Å².